The smallest absolute Gasteiger partial charge is 0.159 e. The second-order valence-corrected chi connectivity index (χ2v) is 6.21. The molecular formula is C14H26N6O. The molecule has 21 heavy (non-hydrogen) atoms. The minimum atomic E-state index is -0.413. The highest BCUT2D eigenvalue weighted by molar-refractivity contribution is 5.88. The Kier molecular flexibility index (Phi) is 4.53. The maximum atomic E-state index is 8.90. The highest BCUT2D eigenvalue weighted by Crippen LogP contribution is 2.18. The van der Waals surface area contributed by atoms with Crippen LogP contribution in [0, 0.1) is 6.92 Å². The number of aryl methyl sites for hydroxylation is 2. The molecule has 0 bridgehead atoms. The van der Waals surface area contributed by atoms with E-state index in [1.54, 1.807) is 0 Å². The molecule has 1 saturated heterocycles. The van der Waals surface area contributed by atoms with E-state index < -0.39 is 5.54 Å². The maximum absolute atomic E-state index is 8.90. The van der Waals surface area contributed by atoms with Crippen LogP contribution >= 0.6 is 0 Å². The first kappa shape index (κ1) is 15.8. The van der Waals surface area contributed by atoms with Crippen molar-refractivity contribution in [3.8, 4) is 0 Å². The van der Waals surface area contributed by atoms with Crippen molar-refractivity contribution in [2.45, 2.75) is 32.9 Å². The minimum Gasteiger partial charge on any atom is -0.409 e. The molecule has 1 aromatic rings. The third kappa shape index (κ3) is 3.36. The molecule has 7 heteroatoms. The molecule has 0 atom stereocenters. The van der Waals surface area contributed by atoms with Crippen LogP contribution in [0.2, 0.25) is 0 Å². The van der Waals surface area contributed by atoms with Gasteiger partial charge in [0.2, 0.25) is 0 Å². The molecule has 1 aliphatic heterocycles. The lowest BCUT2D eigenvalue weighted by molar-refractivity contribution is 0.0781. The molecule has 0 unspecified atom stereocenters. The molecule has 7 nitrogen and oxygen atoms in total. The number of nitrogens with two attached hydrogens (primary N) is 1. The van der Waals surface area contributed by atoms with E-state index in [9.17, 15) is 0 Å². The van der Waals surface area contributed by atoms with E-state index in [2.05, 4.69) is 26.1 Å². The number of aromatic nitrogens is 2. The zero-order valence-corrected chi connectivity index (χ0v) is 13.4. The van der Waals surface area contributed by atoms with Gasteiger partial charge < -0.3 is 10.9 Å². The molecule has 0 saturated carbocycles. The number of rotatable bonds is 4. The van der Waals surface area contributed by atoms with Crippen LogP contribution in [0.25, 0.3) is 0 Å². The second kappa shape index (κ2) is 6.03. The van der Waals surface area contributed by atoms with Gasteiger partial charge in [0.25, 0.3) is 0 Å². The van der Waals surface area contributed by atoms with Crippen molar-refractivity contribution in [2.24, 2.45) is 17.9 Å². The Morgan fingerprint density at radius 1 is 1.38 bits per heavy atom. The Labute approximate surface area is 126 Å². The zero-order valence-electron chi connectivity index (χ0n) is 13.4. The minimum absolute atomic E-state index is 0.262. The van der Waals surface area contributed by atoms with Crippen molar-refractivity contribution in [1.82, 2.24) is 19.6 Å². The topological polar surface area (TPSA) is 82.9 Å². The lowest BCUT2D eigenvalue weighted by atomic mass is 10.0. The molecule has 2 heterocycles. The summed E-state index contributed by atoms with van der Waals surface area (Å²) in [6, 6.07) is 2.13. The number of nitrogens with zero attached hydrogens (tertiary/aromatic N) is 5. The largest absolute Gasteiger partial charge is 0.409 e. The number of oxime groups is 1. The average molecular weight is 294 g/mol. The van der Waals surface area contributed by atoms with Gasteiger partial charge in [-0.15, -0.1) is 0 Å². The van der Waals surface area contributed by atoms with Gasteiger partial charge >= 0.3 is 0 Å². The van der Waals surface area contributed by atoms with Crippen molar-refractivity contribution < 1.29 is 5.21 Å². The summed E-state index contributed by atoms with van der Waals surface area (Å²) < 4.78 is 1.95. The fourth-order valence-corrected chi connectivity index (χ4v) is 2.79. The summed E-state index contributed by atoms with van der Waals surface area (Å²) in [4.78, 5) is 4.67. The summed E-state index contributed by atoms with van der Waals surface area (Å²) in [7, 11) is 1.99. The fraction of sp³-hybridized carbons (Fsp3) is 0.714. The summed E-state index contributed by atoms with van der Waals surface area (Å²) in [5.41, 5.74) is 7.67. The number of hydrogen-bond donors (Lipinski definition) is 2. The van der Waals surface area contributed by atoms with Gasteiger partial charge in [-0.1, -0.05) is 5.16 Å². The molecule has 0 spiro atoms. The Morgan fingerprint density at radius 3 is 2.48 bits per heavy atom. The summed E-state index contributed by atoms with van der Waals surface area (Å²) in [5, 5.41) is 16.4. The molecule has 1 aromatic heterocycles. The van der Waals surface area contributed by atoms with E-state index >= 15 is 0 Å². The van der Waals surface area contributed by atoms with Crippen LogP contribution in [0.1, 0.15) is 25.2 Å². The van der Waals surface area contributed by atoms with Crippen LogP contribution in [0.4, 0.5) is 0 Å². The predicted octanol–water partition coefficient (Wildman–Crippen LogP) is 0.371. The molecule has 1 fully saturated rings. The van der Waals surface area contributed by atoms with Crippen LogP contribution in [0.5, 0.6) is 0 Å². The van der Waals surface area contributed by atoms with Crippen molar-refractivity contribution in [1.29, 1.82) is 0 Å². The van der Waals surface area contributed by atoms with E-state index in [0.29, 0.717) is 0 Å². The average Bonchev–Trinajstić information content (AvgIpc) is 2.76. The Hall–Kier alpha value is -1.60. The number of amidine groups is 1. The highest BCUT2D eigenvalue weighted by Gasteiger charge is 2.33. The van der Waals surface area contributed by atoms with E-state index in [1.165, 1.54) is 5.69 Å². The summed E-state index contributed by atoms with van der Waals surface area (Å²) in [5.74, 6) is 0.262. The second-order valence-electron chi connectivity index (χ2n) is 6.21. The Bertz CT molecular complexity index is 514. The van der Waals surface area contributed by atoms with Crippen LogP contribution in [-0.4, -0.2) is 62.3 Å². The fourth-order valence-electron chi connectivity index (χ4n) is 2.79. The molecule has 3 N–H and O–H groups in total. The van der Waals surface area contributed by atoms with Gasteiger partial charge in [-0.2, -0.15) is 5.10 Å². The molecule has 0 radical (unpaired) electrons. The van der Waals surface area contributed by atoms with Crippen molar-refractivity contribution >= 4 is 5.84 Å². The van der Waals surface area contributed by atoms with Crippen LogP contribution < -0.4 is 5.73 Å². The quantitative estimate of drug-likeness (QED) is 0.363. The standard InChI is InChI=1S/C14H26N6O/c1-11-9-12(18(4)16-11)10-19-5-7-20(8-6-19)14(2,3)13(15)17-21/h9,21H,5-8,10H2,1-4H3,(H2,15,17). The van der Waals surface area contributed by atoms with Gasteiger partial charge in [0.05, 0.1) is 16.9 Å². The molecule has 2 rings (SSSR count). The number of piperazine rings is 1. The summed E-state index contributed by atoms with van der Waals surface area (Å²) in [6.07, 6.45) is 0. The molecule has 1 aliphatic rings. The molecular weight excluding hydrogens is 268 g/mol. The zero-order chi connectivity index (χ0) is 15.6. The third-order valence-corrected chi connectivity index (χ3v) is 4.38. The SMILES string of the molecule is Cc1cc(CN2CCN(C(C)(C)C(N)=NO)CC2)n(C)n1. The number of hydrogen-bond acceptors (Lipinski definition) is 5. The lowest BCUT2D eigenvalue weighted by Gasteiger charge is -2.43. The van der Waals surface area contributed by atoms with E-state index in [4.69, 9.17) is 10.9 Å². The van der Waals surface area contributed by atoms with Gasteiger partial charge in [-0.05, 0) is 26.8 Å². The normalized spacial score (nSPS) is 19.1. The van der Waals surface area contributed by atoms with E-state index in [-0.39, 0.29) is 5.84 Å². The van der Waals surface area contributed by atoms with E-state index in [1.807, 2.05) is 32.5 Å². The van der Waals surface area contributed by atoms with Gasteiger partial charge in [0.1, 0.15) is 0 Å². The van der Waals surface area contributed by atoms with E-state index in [0.717, 1.165) is 38.4 Å². The Morgan fingerprint density at radius 2 is 2.00 bits per heavy atom. The molecule has 0 aliphatic carbocycles. The maximum Gasteiger partial charge on any atom is 0.159 e. The van der Waals surface area contributed by atoms with Crippen molar-refractivity contribution in [3.63, 3.8) is 0 Å². The van der Waals surface area contributed by atoms with Crippen molar-refractivity contribution in [3.05, 3.63) is 17.5 Å². The lowest BCUT2D eigenvalue weighted by Crippen LogP contribution is -2.59. The van der Waals surface area contributed by atoms with Crippen LogP contribution in [0.3, 0.4) is 0 Å². The first-order valence-corrected chi connectivity index (χ1v) is 7.29. The van der Waals surface area contributed by atoms with Crippen LogP contribution in [0.15, 0.2) is 11.2 Å². The monoisotopic (exact) mass is 294 g/mol. The summed E-state index contributed by atoms with van der Waals surface area (Å²) >= 11 is 0. The Balaban J connectivity index is 1.93. The molecule has 0 aromatic carbocycles. The first-order chi connectivity index (χ1) is 9.84. The van der Waals surface area contributed by atoms with Crippen molar-refractivity contribution in [2.75, 3.05) is 26.2 Å². The molecule has 118 valence electrons. The highest BCUT2D eigenvalue weighted by atomic mass is 16.4. The summed E-state index contributed by atoms with van der Waals surface area (Å²) in [6.45, 7) is 10.6. The predicted molar refractivity (Wildman–Crippen MR) is 82.3 cm³/mol. The third-order valence-electron chi connectivity index (χ3n) is 4.38. The van der Waals surface area contributed by atoms with Gasteiger partial charge in [0.15, 0.2) is 5.84 Å². The van der Waals surface area contributed by atoms with Gasteiger partial charge in [-0.3, -0.25) is 14.5 Å². The molecule has 0 amide bonds. The first-order valence-electron chi connectivity index (χ1n) is 7.29. The van der Waals surface area contributed by atoms with Gasteiger partial charge in [0, 0.05) is 39.8 Å². The van der Waals surface area contributed by atoms with Gasteiger partial charge in [-0.25, -0.2) is 0 Å². The van der Waals surface area contributed by atoms with Crippen LogP contribution in [-0.2, 0) is 13.6 Å².